The van der Waals surface area contributed by atoms with Gasteiger partial charge in [-0.15, -0.1) is 0 Å². The minimum absolute atomic E-state index is 0.0622. The Morgan fingerprint density at radius 2 is 2.00 bits per heavy atom. The lowest BCUT2D eigenvalue weighted by Crippen LogP contribution is -2.24. The molecule has 0 radical (unpaired) electrons. The second kappa shape index (κ2) is 7.50. The van der Waals surface area contributed by atoms with Crippen molar-refractivity contribution < 1.29 is 13.2 Å². The summed E-state index contributed by atoms with van der Waals surface area (Å²) >= 11 is 0. The van der Waals surface area contributed by atoms with Crippen molar-refractivity contribution >= 4 is 25.6 Å². The lowest BCUT2D eigenvalue weighted by molar-refractivity contribution is 0.0952. The van der Waals surface area contributed by atoms with Crippen molar-refractivity contribution in [3.05, 3.63) is 29.8 Å². The van der Waals surface area contributed by atoms with Crippen molar-refractivity contribution in [3.63, 3.8) is 0 Å². The molecule has 4 nitrogen and oxygen atoms in total. The van der Waals surface area contributed by atoms with Crippen LogP contribution in [-0.4, -0.2) is 20.9 Å². The monoisotopic (exact) mass is 303 g/mol. The van der Waals surface area contributed by atoms with Gasteiger partial charge in [0.1, 0.15) is 0 Å². The molecule has 1 aromatic rings. The van der Waals surface area contributed by atoms with Crippen LogP contribution in [0.3, 0.4) is 0 Å². The standard InChI is InChI=1S/C13H18ClNO3S/c1-2-3-4-5-9-15-13(16)11-7-6-8-12(10-11)19(14,17)18/h6-8,10H,2-5,9H2,1H3,(H,15,16). The topological polar surface area (TPSA) is 63.2 Å². The molecule has 106 valence electrons. The molecule has 0 fully saturated rings. The van der Waals surface area contributed by atoms with Gasteiger partial charge < -0.3 is 5.32 Å². The highest BCUT2D eigenvalue weighted by Gasteiger charge is 2.12. The van der Waals surface area contributed by atoms with Gasteiger partial charge in [0.15, 0.2) is 0 Å². The number of hydrogen-bond donors (Lipinski definition) is 1. The van der Waals surface area contributed by atoms with E-state index in [9.17, 15) is 13.2 Å². The Morgan fingerprint density at radius 3 is 2.63 bits per heavy atom. The van der Waals surface area contributed by atoms with Gasteiger partial charge in [0.2, 0.25) is 0 Å². The van der Waals surface area contributed by atoms with Gasteiger partial charge in [-0.1, -0.05) is 32.3 Å². The van der Waals surface area contributed by atoms with E-state index < -0.39 is 9.05 Å². The van der Waals surface area contributed by atoms with E-state index in [1.54, 1.807) is 6.07 Å². The molecule has 0 heterocycles. The number of hydrogen-bond acceptors (Lipinski definition) is 3. The van der Waals surface area contributed by atoms with Crippen molar-refractivity contribution in [1.29, 1.82) is 0 Å². The van der Waals surface area contributed by atoms with Crippen LogP contribution in [0, 0.1) is 0 Å². The summed E-state index contributed by atoms with van der Waals surface area (Å²) in [5.41, 5.74) is 0.303. The predicted octanol–water partition coefficient (Wildman–Crippen LogP) is 2.92. The lowest BCUT2D eigenvalue weighted by atomic mass is 10.2. The van der Waals surface area contributed by atoms with Gasteiger partial charge in [0.25, 0.3) is 15.0 Å². The van der Waals surface area contributed by atoms with E-state index >= 15 is 0 Å². The van der Waals surface area contributed by atoms with Crippen LogP contribution in [0.5, 0.6) is 0 Å². The third kappa shape index (κ3) is 5.61. The summed E-state index contributed by atoms with van der Waals surface area (Å²) in [5, 5.41) is 2.76. The van der Waals surface area contributed by atoms with Crippen LogP contribution >= 0.6 is 10.7 Å². The summed E-state index contributed by atoms with van der Waals surface area (Å²) in [6.07, 6.45) is 4.29. The highest BCUT2D eigenvalue weighted by molar-refractivity contribution is 8.13. The van der Waals surface area contributed by atoms with E-state index in [0.717, 1.165) is 25.7 Å². The summed E-state index contributed by atoms with van der Waals surface area (Å²) in [4.78, 5) is 11.7. The number of carbonyl (C=O) groups excluding carboxylic acids is 1. The molecule has 0 saturated carbocycles. The minimum atomic E-state index is -3.80. The van der Waals surface area contributed by atoms with E-state index in [1.807, 2.05) is 0 Å². The SMILES string of the molecule is CCCCCCNC(=O)c1cccc(S(=O)(=O)Cl)c1. The van der Waals surface area contributed by atoms with Crippen LogP contribution in [0.2, 0.25) is 0 Å². The fourth-order valence-corrected chi connectivity index (χ4v) is 2.44. The number of rotatable bonds is 7. The fourth-order valence-electron chi connectivity index (χ4n) is 1.64. The van der Waals surface area contributed by atoms with Gasteiger partial charge in [-0.3, -0.25) is 4.79 Å². The number of amides is 1. The Labute approximate surface area is 118 Å². The summed E-state index contributed by atoms with van der Waals surface area (Å²) < 4.78 is 22.3. The van der Waals surface area contributed by atoms with Gasteiger partial charge in [-0.2, -0.15) is 0 Å². The minimum Gasteiger partial charge on any atom is -0.352 e. The molecule has 1 rings (SSSR count). The molecule has 0 aromatic heterocycles. The lowest BCUT2D eigenvalue weighted by Gasteiger charge is -2.05. The third-order valence-corrected chi connectivity index (χ3v) is 4.05. The molecule has 1 aromatic carbocycles. The number of benzene rings is 1. The van der Waals surface area contributed by atoms with E-state index in [4.69, 9.17) is 10.7 Å². The molecular formula is C13H18ClNO3S. The predicted molar refractivity (Wildman–Crippen MR) is 76.0 cm³/mol. The second-order valence-corrected chi connectivity index (χ2v) is 6.85. The zero-order valence-corrected chi connectivity index (χ0v) is 12.4. The molecule has 0 aliphatic rings. The number of carbonyl (C=O) groups is 1. The summed E-state index contributed by atoms with van der Waals surface area (Å²) in [6, 6.07) is 5.71. The number of unbranched alkanes of at least 4 members (excludes halogenated alkanes) is 3. The Morgan fingerprint density at radius 1 is 1.26 bits per heavy atom. The van der Waals surface area contributed by atoms with Crippen molar-refractivity contribution in [3.8, 4) is 0 Å². The van der Waals surface area contributed by atoms with Crippen molar-refractivity contribution in [1.82, 2.24) is 5.32 Å². The molecule has 0 aliphatic carbocycles. The molecular weight excluding hydrogens is 286 g/mol. The number of nitrogens with one attached hydrogen (secondary N) is 1. The average molecular weight is 304 g/mol. The van der Waals surface area contributed by atoms with E-state index in [1.165, 1.54) is 18.2 Å². The van der Waals surface area contributed by atoms with Crippen LogP contribution in [0.1, 0.15) is 43.0 Å². The van der Waals surface area contributed by atoms with Gasteiger partial charge >= 0.3 is 0 Å². The first-order valence-corrected chi connectivity index (χ1v) is 8.59. The average Bonchev–Trinajstić information content (AvgIpc) is 2.37. The zero-order valence-electron chi connectivity index (χ0n) is 10.9. The summed E-state index contributed by atoms with van der Waals surface area (Å²) in [6.45, 7) is 2.72. The Hall–Kier alpha value is -1.07. The maximum absolute atomic E-state index is 11.8. The molecule has 0 aliphatic heterocycles. The zero-order chi connectivity index (χ0) is 14.3. The molecule has 0 unspecified atom stereocenters. The molecule has 0 atom stereocenters. The molecule has 19 heavy (non-hydrogen) atoms. The molecule has 6 heteroatoms. The van der Waals surface area contributed by atoms with Gasteiger partial charge in [-0.25, -0.2) is 8.42 Å². The smallest absolute Gasteiger partial charge is 0.261 e. The van der Waals surface area contributed by atoms with Crippen LogP contribution in [0.25, 0.3) is 0 Å². The fraction of sp³-hybridized carbons (Fsp3) is 0.462. The largest absolute Gasteiger partial charge is 0.352 e. The number of halogens is 1. The van der Waals surface area contributed by atoms with Gasteiger partial charge in [0.05, 0.1) is 4.90 Å². The molecule has 0 bridgehead atoms. The van der Waals surface area contributed by atoms with Crippen LogP contribution in [0.4, 0.5) is 0 Å². The highest BCUT2D eigenvalue weighted by atomic mass is 35.7. The van der Waals surface area contributed by atoms with E-state index in [0.29, 0.717) is 12.1 Å². The maximum Gasteiger partial charge on any atom is 0.261 e. The second-order valence-electron chi connectivity index (χ2n) is 4.28. The van der Waals surface area contributed by atoms with Crippen molar-refractivity contribution in [2.24, 2.45) is 0 Å². The maximum atomic E-state index is 11.8. The molecule has 1 N–H and O–H groups in total. The highest BCUT2D eigenvalue weighted by Crippen LogP contribution is 2.16. The van der Waals surface area contributed by atoms with Gasteiger partial charge in [0, 0.05) is 22.8 Å². The van der Waals surface area contributed by atoms with Crippen LogP contribution in [-0.2, 0) is 9.05 Å². The first-order chi connectivity index (χ1) is 8.95. The molecule has 0 spiro atoms. The first-order valence-electron chi connectivity index (χ1n) is 6.28. The Balaban J connectivity index is 2.58. The quantitative estimate of drug-likeness (QED) is 0.622. The summed E-state index contributed by atoms with van der Waals surface area (Å²) in [5.74, 6) is -0.279. The van der Waals surface area contributed by atoms with Crippen molar-refractivity contribution in [2.45, 2.75) is 37.5 Å². The van der Waals surface area contributed by atoms with E-state index in [-0.39, 0.29) is 10.8 Å². The first kappa shape index (κ1) is 16.0. The Bertz CT molecular complexity index is 528. The molecule has 0 saturated heterocycles. The van der Waals surface area contributed by atoms with Gasteiger partial charge in [-0.05, 0) is 24.6 Å². The molecule has 1 amide bonds. The Kier molecular flexibility index (Phi) is 6.31. The van der Waals surface area contributed by atoms with Crippen molar-refractivity contribution in [2.75, 3.05) is 6.54 Å². The summed E-state index contributed by atoms with van der Waals surface area (Å²) in [7, 11) is 1.44. The van der Waals surface area contributed by atoms with Crippen LogP contribution in [0.15, 0.2) is 29.2 Å². The van der Waals surface area contributed by atoms with Crippen LogP contribution < -0.4 is 5.32 Å². The third-order valence-electron chi connectivity index (χ3n) is 2.69. The normalized spacial score (nSPS) is 11.3. The van der Waals surface area contributed by atoms with E-state index in [2.05, 4.69) is 12.2 Å².